The molecule has 0 unspecified atom stereocenters. The molecule has 0 saturated heterocycles. The van der Waals surface area contributed by atoms with Crippen molar-refractivity contribution in [3.8, 4) is 0 Å². The zero-order valence-electron chi connectivity index (χ0n) is 10.5. The molecule has 2 aromatic rings. The maximum Gasteiger partial charge on any atom is 0.167 e. The molecule has 0 radical (unpaired) electrons. The Morgan fingerprint density at radius 2 is 1.83 bits per heavy atom. The van der Waals surface area contributed by atoms with Gasteiger partial charge >= 0.3 is 0 Å². The number of hydrogen-bond acceptors (Lipinski definition) is 1. The molecule has 0 N–H and O–H groups in total. The molecule has 2 rings (SSSR count). The average Bonchev–Trinajstić information content (AvgIpc) is 2.33. The third kappa shape index (κ3) is 2.80. The van der Waals surface area contributed by atoms with Crippen molar-refractivity contribution in [2.75, 3.05) is 0 Å². The quantitative estimate of drug-likeness (QED) is 0.747. The van der Waals surface area contributed by atoms with Crippen molar-refractivity contribution in [1.82, 2.24) is 0 Å². The molecule has 0 spiro atoms. The molecule has 0 amide bonds. The van der Waals surface area contributed by atoms with Gasteiger partial charge in [-0.15, -0.1) is 0 Å². The lowest BCUT2D eigenvalue weighted by Gasteiger charge is -2.07. The molecule has 0 heterocycles. The molecule has 92 valence electrons. The third-order valence-corrected chi connectivity index (χ3v) is 3.36. The Bertz CT molecular complexity index is 587. The number of ketones is 1. The first-order chi connectivity index (χ1) is 8.58. The summed E-state index contributed by atoms with van der Waals surface area (Å²) in [7, 11) is 0. The standard InChI is InChI=1S/C16H15ClO/c1-11-7-8-13(15(17)9-11)10-16(18)14-6-4-3-5-12(14)2/h3-9H,10H2,1-2H3. The van der Waals surface area contributed by atoms with E-state index in [9.17, 15) is 4.79 Å². The number of rotatable bonds is 3. The van der Waals surface area contributed by atoms with Crippen LogP contribution >= 0.6 is 11.6 Å². The fourth-order valence-electron chi connectivity index (χ4n) is 1.95. The Morgan fingerprint density at radius 1 is 1.11 bits per heavy atom. The minimum absolute atomic E-state index is 0.110. The van der Waals surface area contributed by atoms with Crippen molar-refractivity contribution in [2.24, 2.45) is 0 Å². The normalized spacial score (nSPS) is 10.4. The van der Waals surface area contributed by atoms with Crippen LogP contribution in [0.5, 0.6) is 0 Å². The lowest BCUT2D eigenvalue weighted by Crippen LogP contribution is -2.06. The summed E-state index contributed by atoms with van der Waals surface area (Å²) in [6.45, 7) is 3.93. The first kappa shape index (κ1) is 12.8. The van der Waals surface area contributed by atoms with Crippen molar-refractivity contribution in [3.63, 3.8) is 0 Å². The molecule has 2 heteroatoms. The van der Waals surface area contributed by atoms with Crippen LogP contribution in [0.3, 0.4) is 0 Å². The summed E-state index contributed by atoms with van der Waals surface area (Å²) in [5.41, 5.74) is 3.77. The van der Waals surface area contributed by atoms with Crippen LogP contribution in [0.1, 0.15) is 27.0 Å². The van der Waals surface area contributed by atoms with E-state index in [1.807, 2.05) is 56.3 Å². The predicted octanol–water partition coefficient (Wildman–Crippen LogP) is 4.38. The number of halogens is 1. The van der Waals surface area contributed by atoms with Crippen LogP contribution in [0.2, 0.25) is 5.02 Å². The Kier molecular flexibility index (Phi) is 3.83. The lowest BCUT2D eigenvalue weighted by molar-refractivity contribution is 0.0992. The Labute approximate surface area is 112 Å². The van der Waals surface area contributed by atoms with Crippen LogP contribution < -0.4 is 0 Å². The monoisotopic (exact) mass is 258 g/mol. The van der Waals surface area contributed by atoms with Gasteiger partial charge in [0.15, 0.2) is 5.78 Å². The van der Waals surface area contributed by atoms with Gasteiger partial charge in [0, 0.05) is 17.0 Å². The molecule has 2 aromatic carbocycles. The summed E-state index contributed by atoms with van der Waals surface area (Å²) in [6.07, 6.45) is 0.351. The predicted molar refractivity (Wildman–Crippen MR) is 75.4 cm³/mol. The molecule has 0 aliphatic heterocycles. The van der Waals surface area contributed by atoms with E-state index in [2.05, 4.69) is 0 Å². The van der Waals surface area contributed by atoms with Crippen LogP contribution in [-0.4, -0.2) is 5.78 Å². The van der Waals surface area contributed by atoms with Crippen molar-refractivity contribution >= 4 is 17.4 Å². The van der Waals surface area contributed by atoms with E-state index in [1.165, 1.54) is 0 Å². The minimum atomic E-state index is 0.110. The first-order valence-electron chi connectivity index (χ1n) is 5.92. The molecule has 0 aliphatic carbocycles. The number of carbonyl (C=O) groups excluding carboxylic acids is 1. The number of benzene rings is 2. The van der Waals surface area contributed by atoms with Gasteiger partial charge in [-0.2, -0.15) is 0 Å². The minimum Gasteiger partial charge on any atom is -0.294 e. The highest BCUT2D eigenvalue weighted by Crippen LogP contribution is 2.20. The molecule has 0 fully saturated rings. The second-order valence-electron chi connectivity index (χ2n) is 4.51. The molecule has 0 bridgehead atoms. The fraction of sp³-hybridized carbons (Fsp3) is 0.188. The Balaban J connectivity index is 2.24. The third-order valence-electron chi connectivity index (χ3n) is 3.01. The maximum atomic E-state index is 12.2. The van der Waals surface area contributed by atoms with Gasteiger partial charge in [-0.3, -0.25) is 4.79 Å². The van der Waals surface area contributed by atoms with Crippen molar-refractivity contribution in [3.05, 3.63) is 69.7 Å². The highest BCUT2D eigenvalue weighted by Gasteiger charge is 2.11. The molecule has 0 aliphatic rings. The van der Waals surface area contributed by atoms with E-state index in [1.54, 1.807) is 0 Å². The maximum absolute atomic E-state index is 12.2. The molecular formula is C16H15ClO. The molecule has 0 atom stereocenters. The van der Waals surface area contributed by atoms with Crippen LogP contribution in [0.4, 0.5) is 0 Å². The van der Waals surface area contributed by atoms with Gasteiger partial charge in [-0.1, -0.05) is 48.0 Å². The Hall–Kier alpha value is -1.60. The first-order valence-corrected chi connectivity index (χ1v) is 6.29. The topological polar surface area (TPSA) is 17.1 Å². The van der Waals surface area contributed by atoms with Gasteiger partial charge < -0.3 is 0 Å². The summed E-state index contributed by atoms with van der Waals surface area (Å²) in [6, 6.07) is 13.4. The summed E-state index contributed by atoms with van der Waals surface area (Å²) < 4.78 is 0. The second kappa shape index (κ2) is 5.36. The zero-order valence-corrected chi connectivity index (χ0v) is 11.3. The molecule has 1 nitrogen and oxygen atoms in total. The summed E-state index contributed by atoms with van der Waals surface area (Å²) in [5, 5.41) is 0.664. The second-order valence-corrected chi connectivity index (χ2v) is 4.92. The number of aryl methyl sites for hydroxylation is 2. The number of Topliss-reactive ketones (excluding diaryl/α,β-unsaturated/α-hetero) is 1. The van der Waals surface area contributed by atoms with Gasteiger partial charge in [0.2, 0.25) is 0 Å². The smallest absolute Gasteiger partial charge is 0.167 e. The number of hydrogen-bond donors (Lipinski definition) is 0. The van der Waals surface area contributed by atoms with Crippen molar-refractivity contribution in [2.45, 2.75) is 20.3 Å². The SMILES string of the molecule is Cc1ccc(CC(=O)c2ccccc2C)c(Cl)c1. The molecule has 18 heavy (non-hydrogen) atoms. The van der Waals surface area contributed by atoms with Gasteiger partial charge in [0.05, 0.1) is 0 Å². The van der Waals surface area contributed by atoms with E-state index in [4.69, 9.17) is 11.6 Å². The lowest BCUT2D eigenvalue weighted by atomic mass is 9.99. The highest BCUT2D eigenvalue weighted by atomic mass is 35.5. The number of carbonyl (C=O) groups is 1. The van der Waals surface area contributed by atoms with Crippen LogP contribution in [-0.2, 0) is 6.42 Å². The van der Waals surface area contributed by atoms with E-state index in [-0.39, 0.29) is 5.78 Å². The largest absolute Gasteiger partial charge is 0.294 e. The van der Waals surface area contributed by atoms with Crippen LogP contribution in [0, 0.1) is 13.8 Å². The summed E-state index contributed by atoms with van der Waals surface area (Å²) >= 11 is 6.15. The van der Waals surface area contributed by atoms with Crippen LogP contribution in [0.15, 0.2) is 42.5 Å². The van der Waals surface area contributed by atoms with Crippen LogP contribution in [0.25, 0.3) is 0 Å². The van der Waals surface area contributed by atoms with E-state index < -0.39 is 0 Å². The van der Waals surface area contributed by atoms with E-state index in [0.717, 1.165) is 22.3 Å². The Morgan fingerprint density at radius 3 is 2.50 bits per heavy atom. The van der Waals surface area contributed by atoms with Crippen molar-refractivity contribution < 1.29 is 4.79 Å². The molecule has 0 saturated carbocycles. The molecule has 0 aromatic heterocycles. The molecular weight excluding hydrogens is 244 g/mol. The fourth-order valence-corrected chi connectivity index (χ4v) is 2.25. The summed E-state index contributed by atoms with van der Waals surface area (Å²) in [4.78, 5) is 12.2. The van der Waals surface area contributed by atoms with Gasteiger partial charge in [0.1, 0.15) is 0 Å². The zero-order chi connectivity index (χ0) is 13.1. The highest BCUT2D eigenvalue weighted by molar-refractivity contribution is 6.31. The van der Waals surface area contributed by atoms with Gasteiger partial charge in [-0.05, 0) is 36.6 Å². The summed E-state index contributed by atoms with van der Waals surface area (Å²) in [5.74, 6) is 0.110. The van der Waals surface area contributed by atoms with E-state index >= 15 is 0 Å². The van der Waals surface area contributed by atoms with Gasteiger partial charge in [-0.25, -0.2) is 0 Å². The average molecular weight is 259 g/mol. The van der Waals surface area contributed by atoms with Gasteiger partial charge in [0.25, 0.3) is 0 Å². The van der Waals surface area contributed by atoms with Crippen molar-refractivity contribution in [1.29, 1.82) is 0 Å². The van der Waals surface area contributed by atoms with E-state index in [0.29, 0.717) is 11.4 Å².